The first-order valence-electron chi connectivity index (χ1n) is 12.6. The molecule has 0 saturated heterocycles. The molecule has 0 radical (unpaired) electrons. The molecule has 31 heavy (non-hydrogen) atoms. The second-order valence-corrected chi connectivity index (χ2v) is 11.3. The van der Waals surface area contributed by atoms with E-state index < -0.39 is 0 Å². The van der Waals surface area contributed by atoms with E-state index in [0.29, 0.717) is 18.5 Å². The summed E-state index contributed by atoms with van der Waals surface area (Å²) in [5, 5.41) is 0. The summed E-state index contributed by atoms with van der Waals surface area (Å²) in [6.45, 7) is 5.16. The van der Waals surface area contributed by atoms with Gasteiger partial charge in [0.05, 0.1) is 12.0 Å². The SMILES string of the molecule is CC[C@@H](C)N(CC(=O)N(Cc1cccn1C)C1CC1)C(=O)C12CC3CC(CC(C3)C1)C2. The summed E-state index contributed by atoms with van der Waals surface area (Å²) in [6, 6.07) is 4.58. The fourth-order valence-corrected chi connectivity index (χ4v) is 7.20. The molecule has 0 spiro atoms. The van der Waals surface area contributed by atoms with E-state index in [9.17, 15) is 9.59 Å². The van der Waals surface area contributed by atoms with Gasteiger partial charge in [0, 0.05) is 31.0 Å². The molecule has 1 heterocycles. The summed E-state index contributed by atoms with van der Waals surface area (Å²) in [6.07, 6.45) is 12.3. The highest BCUT2D eigenvalue weighted by atomic mass is 16.2. The number of nitrogens with zero attached hydrogens (tertiary/aromatic N) is 3. The first-order chi connectivity index (χ1) is 14.9. The Bertz CT molecular complexity index is 804. The maximum Gasteiger partial charge on any atom is 0.242 e. The minimum atomic E-state index is -0.180. The topological polar surface area (TPSA) is 45.6 Å². The van der Waals surface area contributed by atoms with Crippen LogP contribution in [0.25, 0.3) is 0 Å². The van der Waals surface area contributed by atoms with Crippen molar-refractivity contribution in [3.63, 3.8) is 0 Å². The van der Waals surface area contributed by atoms with Gasteiger partial charge >= 0.3 is 0 Å². The average Bonchev–Trinajstić information content (AvgIpc) is 3.49. The van der Waals surface area contributed by atoms with Gasteiger partial charge in [0.2, 0.25) is 11.8 Å². The lowest BCUT2D eigenvalue weighted by Crippen LogP contribution is -2.57. The monoisotopic (exact) mass is 425 g/mol. The van der Waals surface area contributed by atoms with Crippen LogP contribution in [-0.2, 0) is 23.2 Å². The van der Waals surface area contributed by atoms with Crippen LogP contribution < -0.4 is 0 Å². The Morgan fingerprint density at radius 3 is 2.23 bits per heavy atom. The lowest BCUT2D eigenvalue weighted by atomic mass is 9.49. The lowest BCUT2D eigenvalue weighted by molar-refractivity contribution is -0.162. The van der Waals surface area contributed by atoms with Crippen LogP contribution in [0.5, 0.6) is 0 Å². The summed E-state index contributed by atoms with van der Waals surface area (Å²) >= 11 is 0. The third-order valence-electron chi connectivity index (χ3n) is 8.87. The predicted molar refractivity (Wildman–Crippen MR) is 121 cm³/mol. The van der Waals surface area contributed by atoms with Gasteiger partial charge in [-0.15, -0.1) is 0 Å². The zero-order valence-corrected chi connectivity index (χ0v) is 19.6. The molecule has 5 nitrogen and oxygen atoms in total. The Morgan fingerprint density at radius 2 is 1.74 bits per heavy atom. The molecule has 0 aliphatic heterocycles. The molecule has 0 unspecified atom stereocenters. The summed E-state index contributed by atoms with van der Waals surface area (Å²) < 4.78 is 2.09. The Balaban J connectivity index is 1.34. The van der Waals surface area contributed by atoms with E-state index >= 15 is 0 Å². The molecule has 2 amide bonds. The van der Waals surface area contributed by atoms with Crippen LogP contribution in [0.2, 0.25) is 0 Å². The normalized spacial score (nSPS) is 32.2. The van der Waals surface area contributed by atoms with E-state index in [4.69, 9.17) is 0 Å². The third-order valence-corrected chi connectivity index (χ3v) is 8.87. The minimum Gasteiger partial charge on any atom is -0.353 e. The maximum absolute atomic E-state index is 14.1. The molecule has 6 rings (SSSR count). The van der Waals surface area contributed by atoms with Crippen molar-refractivity contribution in [1.82, 2.24) is 14.4 Å². The number of rotatable bonds is 8. The van der Waals surface area contributed by atoms with Crippen molar-refractivity contribution in [2.45, 2.75) is 90.3 Å². The minimum absolute atomic E-state index is 0.112. The number of carbonyl (C=O) groups excluding carboxylic acids is 2. The molecular weight excluding hydrogens is 386 g/mol. The Morgan fingerprint density at radius 1 is 1.13 bits per heavy atom. The first-order valence-corrected chi connectivity index (χ1v) is 12.6. The quantitative estimate of drug-likeness (QED) is 0.621. The van der Waals surface area contributed by atoms with Crippen molar-refractivity contribution in [3.05, 3.63) is 24.0 Å². The highest BCUT2D eigenvalue weighted by Crippen LogP contribution is 2.60. The van der Waals surface area contributed by atoms with Crippen LogP contribution in [0, 0.1) is 23.2 Å². The van der Waals surface area contributed by atoms with E-state index in [0.717, 1.165) is 62.0 Å². The molecule has 170 valence electrons. The van der Waals surface area contributed by atoms with Gasteiger partial charge in [-0.3, -0.25) is 9.59 Å². The van der Waals surface area contributed by atoms with E-state index in [1.165, 1.54) is 19.3 Å². The number of carbonyl (C=O) groups is 2. The fraction of sp³-hybridized carbons (Fsp3) is 0.769. The third kappa shape index (κ3) is 3.93. The van der Waals surface area contributed by atoms with Crippen LogP contribution in [0.15, 0.2) is 18.3 Å². The zero-order chi connectivity index (χ0) is 21.8. The van der Waals surface area contributed by atoms with Crippen LogP contribution in [0.4, 0.5) is 0 Å². The smallest absolute Gasteiger partial charge is 0.242 e. The number of aryl methyl sites for hydroxylation is 1. The van der Waals surface area contributed by atoms with Crippen LogP contribution in [0.1, 0.15) is 77.3 Å². The summed E-state index contributed by atoms with van der Waals surface area (Å²) in [5.41, 5.74) is 0.976. The molecule has 5 heteroatoms. The van der Waals surface area contributed by atoms with Crippen molar-refractivity contribution in [2.24, 2.45) is 30.2 Å². The van der Waals surface area contributed by atoms with Crippen molar-refractivity contribution in [1.29, 1.82) is 0 Å². The molecular formula is C26H39N3O2. The highest BCUT2D eigenvalue weighted by Gasteiger charge is 2.56. The van der Waals surface area contributed by atoms with Gasteiger partial charge in [0.25, 0.3) is 0 Å². The van der Waals surface area contributed by atoms with Gasteiger partial charge < -0.3 is 14.4 Å². The number of hydrogen-bond donors (Lipinski definition) is 0. The summed E-state index contributed by atoms with van der Waals surface area (Å²) in [7, 11) is 2.03. The van der Waals surface area contributed by atoms with Gasteiger partial charge in [-0.1, -0.05) is 6.92 Å². The second kappa shape index (κ2) is 7.97. The van der Waals surface area contributed by atoms with Gasteiger partial charge in [0.15, 0.2) is 0 Å². The van der Waals surface area contributed by atoms with Gasteiger partial charge in [-0.05, 0) is 94.6 Å². The molecule has 5 aliphatic rings. The van der Waals surface area contributed by atoms with Crippen molar-refractivity contribution >= 4 is 11.8 Å². The molecule has 0 N–H and O–H groups in total. The van der Waals surface area contributed by atoms with Crippen LogP contribution in [0.3, 0.4) is 0 Å². The fourth-order valence-electron chi connectivity index (χ4n) is 7.20. The molecule has 1 aromatic rings. The van der Waals surface area contributed by atoms with Crippen molar-refractivity contribution in [3.8, 4) is 0 Å². The summed E-state index contributed by atoms with van der Waals surface area (Å²) in [5.74, 6) is 2.64. The van der Waals surface area contributed by atoms with Gasteiger partial charge in [0.1, 0.15) is 6.54 Å². The molecule has 1 aromatic heterocycles. The van der Waals surface area contributed by atoms with E-state index in [1.807, 2.05) is 29.1 Å². The molecule has 5 saturated carbocycles. The van der Waals surface area contributed by atoms with Gasteiger partial charge in [-0.2, -0.15) is 0 Å². The Kier molecular flexibility index (Phi) is 5.42. The van der Waals surface area contributed by atoms with Crippen LogP contribution >= 0.6 is 0 Å². The van der Waals surface area contributed by atoms with E-state index in [-0.39, 0.29) is 23.9 Å². The van der Waals surface area contributed by atoms with E-state index in [1.54, 1.807) is 0 Å². The molecule has 1 atom stereocenters. The Hall–Kier alpha value is -1.78. The molecule has 0 aromatic carbocycles. The molecule has 5 aliphatic carbocycles. The lowest BCUT2D eigenvalue weighted by Gasteiger charge is -2.57. The molecule has 5 fully saturated rings. The van der Waals surface area contributed by atoms with Crippen molar-refractivity contribution < 1.29 is 9.59 Å². The molecule has 4 bridgehead atoms. The second-order valence-electron chi connectivity index (χ2n) is 11.3. The van der Waals surface area contributed by atoms with Crippen molar-refractivity contribution in [2.75, 3.05) is 6.54 Å². The average molecular weight is 426 g/mol. The largest absolute Gasteiger partial charge is 0.353 e. The zero-order valence-electron chi connectivity index (χ0n) is 19.6. The predicted octanol–water partition coefficient (Wildman–Crippen LogP) is 4.36. The standard InChI is InChI=1S/C26H39N3O2/c1-4-18(2)28(25(31)26-13-19-10-20(14-26)12-21(11-19)15-26)17-24(30)29(22-7-8-22)16-23-6-5-9-27(23)3/h5-6,9,18-22H,4,7-8,10-17H2,1-3H3/t18-,19?,20?,21?,26?/m1/s1. The maximum atomic E-state index is 14.1. The Labute approximate surface area is 187 Å². The van der Waals surface area contributed by atoms with Crippen LogP contribution in [-0.4, -0.2) is 44.8 Å². The summed E-state index contributed by atoms with van der Waals surface area (Å²) in [4.78, 5) is 31.6. The number of hydrogen-bond acceptors (Lipinski definition) is 2. The first kappa shape index (κ1) is 21.1. The van der Waals surface area contributed by atoms with E-state index in [2.05, 4.69) is 24.5 Å². The number of amides is 2. The number of aromatic nitrogens is 1. The highest BCUT2D eigenvalue weighted by molar-refractivity contribution is 5.89. The van der Waals surface area contributed by atoms with Gasteiger partial charge in [-0.25, -0.2) is 0 Å².